The molecule has 1 fully saturated rings. The first-order chi connectivity index (χ1) is 15.7. The second-order valence-corrected chi connectivity index (χ2v) is 9.29. The molecule has 3 aromatic heterocycles. The zero-order valence-electron chi connectivity index (χ0n) is 18.5. The van der Waals surface area contributed by atoms with Gasteiger partial charge in [-0.25, -0.2) is 4.98 Å². The molecule has 32 heavy (non-hydrogen) atoms. The molecule has 0 spiro atoms. The van der Waals surface area contributed by atoms with Crippen LogP contribution in [0.4, 0.5) is 5.95 Å². The number of hydrogen-bond donors (Lipinski definition) is 2. The van der Waals surface area contributed by atoms with E-state index < -0.39 is 0 Å². The minimum Gasteiger partial charge on any atom is -0.355 e. The molecule has 0 bridgehead atoms. The van der Waals surface area contributed by atoms with Crippen molar-refractivity contribution >= 4 is 17.7 Å². The molecule has 8 heteroatoms. The van der Waals surface area contributed by atoms with Crippen molar-refractivity contribution in [2.45, 2.75) is 38.5 Å². The van der Waals surface area contributed by atoms with Gasteiger partial charge in [0.15, 0.2) is 0 Å². The van der Waals surface area contributed by atoms with Crippen molar-refractivity contribution in [3.05, 3.63) is 81.3 Å². The lowest BCUT2D eigenvalue weighted by molar-refractivity contribution is 0.331. The largest absolute Gasteiger partial charge is 0.355 e. The third-order valence-electron chi connectivity index (χ3n) is 5.51. The van der Waals surface area contributed by atoms with Gasteiger partial charge in [0.25, 0.3) is 5.56 Å². The van der Waals surface area contributed by atoms with Crippen LogP contribution < -0.4 is 10.9 Å². The summed E-state index contributed by atoms with van der Waals surface area (Å²) in [7, 11) is 0. The molecule has 1 aliphatic rings. The first kappa shape index (κ1) is 22.5. The Balaban J connectivity index is 1.20. The zero-order chi connectivity index (χ0) is 22.2. The number of aromatic nitrogens is 4. The number of nitrogens with zero attached hydrogens (tertiary/aromatic N) is 4. The average Bonchev–Trinajstić information content (AvgIpc) is 3.30. The summed E-state index contributed by atoms with van der Waals surface area (Å²) < 4.78 is 0. The van der Waals surface area contributed by atoms with Gasteiger partial charge >= 0.3 is 0 Å². The van der Waals surface area contributed by atoms with E-state index in [1.54, 1.807) is 12.4 Å². The number of thioether (sulfide) groups is 1. The Morgan fingerprint density at radius 3 is 2.75 bits per heavy atom. The van der Waals surface area contributed by atoms with Crippen LogP contribution in [-0.2, 0) is 18.7 Å². The molecule has 2 N–H and O–H groups in total. The quantitative estimate of drug-likeness (QED) is 0.458. The van der Waals surface area contributed by atoms with Crippen LogP contribution in [0.3, 0.4) is 0 Å². The second-order valence-electron chi connectivity index (χ2n) is 8.19. The van der Waals surface area contributed by atoms with Gasteiger partial charge in [-0.1, -0.05) is 6.07 Å². The van der Waals surface area contributed by atoms with E-state index in [0.717, 1.165) is 41.5 Å². The molecule has 0 unspecified atom stereocenters. The minimum atomic E-state index is -0.116. The Kier molecular flexibility index (Phi) is 7.90. The fourth-order valence-corrected chi connectivity index (χ4v) is 4.54. The van der Waals surface area contributed by atoms with Gasteiger partial charge in [0, 0.05) is 60.9 Å². The summed E-state index contributed by atoms with van der Waals surface area (Å²) in [6, 6.07) is 8.28. The highest BCUT2D eigenvalue weighted by Gasteiger charge is 2.12. The normalized spacial score (nSPS) is 14.0. The molecule has 4 heterocycles. The Morgan fingerprint density at radius 1 is 1.09 bits per heavy atom. The van der Waals surface area contributed by atoms with Crippen molar-refractivity contribution < 1.29 is 0 Å². The van der Waals surface area contributed by atoms with Gasteiger partial charge in [-0.2, -0.15) is 11.8 Å². The summed E-state index contributed by atoms with van der Waals surface area (Å²) >= 11 is 1.82. The van der Waals surface area contributed by atoms with E-state index in [4.69, 9.17) is 0 Å². The number of hydrogen-bond acceptors (Lipinski definition) is 7. The average molecular weight is 451 g/mol. The van der Waals surface area contributed by atoms with E-state index in [0.29, 0.717) is 17.9 Å². The molecule has 1 saturated heterocycles. The standard InChI is InChI=1S/C24H30N6OS/c1-18-4-5-19(14-27-18)12-21-15-28-24(29-23(21)31)26-8-11-32-17-22-13-20(6-7-25-22)16-30-9-2-3-10-30/h4-7,13-15H,2-3,8-12,16-17H2,1H3,(H2,26,28,29,31). The number of pyridine rings is 2. The molecular formula is C24H30N6OS. The van der Waals surface area contributed by atoms with Gasteiger partial charge in [-0.15, -0.1) is 0 Å². The van der Waals surface area contributed by atoms with Crippen LogP contribution in [0.5, 0.6) is 0 Å². The lowest BCUT2D eigenvalue weighted by Crippen LogP contribution is -2.18. The Labute approximate surface area is 193 Å². The molecule has 0 radical (unpaired) electrons. The molecule has 0 aliphatic carbocycles. The lowest BCUT2D eigenvalue weighted by atomic mass is 10.1. The molecule has 3 aromatic rings. The molecule has 168 valence electrons. The van der Waals surface area contributed by atoms with Crippen molar-refractivity contribution in [1.82, 2.24) is 24.8 Å². The molecule has 0 amide bonds. The van der Waals surface area contributed by atoms with Crippen molar-refractivity contribution in [2.24, 2.45) is 0 Å². The molecular weight excluding hydrogens is 420 g/mol. The topological polar surface area (TPSA) is 86.8 Å². The number of rotatable bonds is 10. The SMILES string of the molecule is Cc1ccc(Cc2cnc(NCCSCc3cc(CN4CCCC4)ccn3)[nH]c2=O)cn1. The van der Waals surface area contributed by atoms with Crippen molar-refractivity contribution in [3.8, 4) is 0 Å². The maximum absolute atomic E-state index is 12.4. The smallest absolute Gasteiger partial charge is 0.255 e. The monoisotopic (exact) mass is 450 g/mol. The van der Waals surface area contributed by atoms with Gasteiger partial charge in [0.1, 0.15) is 0 Å². The van der Waals surface area contributed by atoms with E-state index in [1.807, 2.05) is 37.0 Å². The lowest BCUT2D eigenvalue weighted by Gasteiger charge is -2.14. The van der Waals surface area contributed by atoms with Crippen LogP contribution in [0.25, 0.3) is 0 Å². The van der Waals surface area contributed by atoms with E-state index in [2.05, 4.69) is 42.3 Å². The van der Waals surface area contributed by atoms with Gasteiger partial charge in [-0.3, -0.25) is 24.6 Å². The van der Waals surface area contributed by atoms with Crippen LogP contribution in [0, 0.1) is 6.92 Å². The second kappa shape index (κ2) is 11.2. The van der Waals surface area contributed by atoms with Gasteiger partial charge < -0.3 is 5.32 Å². The Bertz CT molecular complexity index is 1060. The summed E-state index contributed by atoms with van der Waals surface area (Å²) in [5.41, 5.74) is 4.94. The number of aromatic amines is 1. The number of likely N-dealkylation sites (tertiary alicyclic amines) is 1. The molecule has 1 aliphatic heterocycles. The predicted molar refractivity (Wildman–Crippen MR) is 130 cm³/mol. The van der Waals surface area contributed by atoms with E-state index in [1.165, 1.54) is 31.5 Å². The number of aryl methyl sites for hydroxylation is 1. The van der Waals surface area contributed by atoms with Crippen molar-refractivity contribution in [3.63, 3.8) is 0 Å². The van der Waals surface area contributed by atoms with Crippen LogP contribution in [0.1, 0.15) is 40.9 Å². The van der Waals surface area contributed by atoms with E-state index in [9.17, 15) is 4.79 Å². The van der Waals surface area contributed by atoms with Gasteiger partial charge in [0.2, 0.25) is 5.95 Å². The zero-order valence-corrected chi connectivity index (χ0v) is 19.3. The molecule has 0 saturated carbocycles. The molecule has 4 rings (SSSR count). The van der Waals surface area contributed by atoms with Crippen molar-refractivity contribution in [1.29, 1.82) is 0 Å². The fourth-order valence-electron chi connectivity index (χ4n) is 3.78. The minimum absolute atomic E-state index is 0.116. The number of nitrogens with one attached hydrogen (secondary N) is 2. The van der Waals surface area contributed by atoms with E-state index >= 15 is 0 Å². The molecule has 0 aromatic carbocycles. The summed E-state index contributed by atoms with van der Waals surface area (Å²) in [4.78, 5) is 30.8. The number of anilines is 1. The predicted octanol–water partition coefficient (Wildman–Crippen LogP) is 3.40. The fraction of sp³-hybridized carbons (Fsp3) is 0.417. The van der Waals surface area contributed by atoms with Crippen LogP contribution in [-0.4, -0.2) is 50.2 Å². The third kappa shape index (κ3) is 6.64. The summed E-state index contributed by atoms with van der Waals surface area (Å²) in [5, 5.41) is 3.20. The highest BCUT2D eigenvalue weighted by atomic mass is 32.2. The Hall–Kier alpha value is -2.71. The highest BCUT2D eigenvalue weighted by Crippen LogP contribution is 2.15. The van der Waals surface area contributed by atoms with Crippen LogP contribution in [0.15, 0.2) is 47.7 Å². The number of H-pyrrole nitrogens is 1. The Morgan fingerprint density at radius 2 is 1.97 bits per heavy atom. The van der Waals surface area contributed by atoms with Gasteiger partial charge in [-0.05, 0) is 62.2 Å². The van der Waals surface area contributed by atoms with Crippen LogP contribution in [0.2, 0.25) is 0 Å². The molecule has 7 nitrogen and oxygen atoms in total. The van der Waals surface area contributed by atoms with E-state index in [-0.39, 0.29) is 5.56 Å². The third-order valence-corrected chi connectivity index (χ3v) is 6.51. The highest BCUT2D eigenvalue weighted by molar-refractivity contribution is 7.98. The molecule has 0 atom stereocenters. The first-order valence-corrected chi connectivity index (χ1v) is 12.3. The van der Waals surface area contributed by atoms with Crippen LogP contribution >= 0.6 is 11.8 Å². The van der Waals surface area contributed by atoms with Crippen molar-refractivity contribution in [2.75, 3.05) is 30.7 Å². The van der Waals surface area contributed by atoms with Gasteiger partial charge in [0.05, 0.1) is 5.69 Å². The maximum Gasteiger partial charge on any atom is 0.255 e. The maximum atomic E-state index is 12.4. The summed E-state index contributed by atoms with van der Waals surface area (Å²) in [6.45, 7) is 6.11. The first-order valence-electron chi connectivity index (χ1n) is 11.1. The summed E-state index contributed by atoms with van der Waals surface area (Å²) in [6.07, 6.45) is 8.51. The summed E-state index contributed by atoms with van der Waals surface area (Å²) in [5.74, 6) is 2.29.